The van der Waals surface area contributed by atoms with Crippen LogP contribution in [-0.2, 0) is 5.41 Å². The molecule has 1 aromatic heterocycles. The van der Waals surface area contributed by atoms with Gasteiger partial charge in [0, 0.05) is 0 Å². The van der Waals surface area contributed by atoms with E-state index in [0.29, 0.717) is 5.82 Å². The van der Waals surface area contributed by atoms with Gasteiger partial charge in [0.1, 0.15) is 5.82 Å². The molecule has 2 nitrogen and oxygen atoms in total. The van der Waals surface area contributed by atoms with Gasteiger partial charge in [-0.25, -0.2) is 4.98 Å². The number of nitrogen functional groups attached to an aromatic ring is 1. The lowest BCUT2D eigenvalue weighted by molar-refractivity contribution is 0.605. The molecule has 2 N–H and O–H groups in total. The maximum Gasteiger partial charge on any atom is 0.138 e. The maximum atomic E-state index is 5.73. The Bertz CT molecular complexity index is 258. The average molecular weight is 170 g/mol. The van der Waals surface area contributed by atoms with Gasteiger partial charge >= 0.3 is 0 Å². The van der Waals surface area contributed by atoms with Crippen molar-refractivity contribution in [3.63, 3.8) is 0 Å². The zero-order chi connectivity index (χ0) is 8.65. The van der Waals surface area contributed by atoms with Crippen molar-refractivity contribution in [2.75, 3.05) is 5.73 Å². The highest BCUT2D eigenvalue weighted by Gasteiger charge is 2.20. The van der Waals surface area contributed by atoms with Gasteiger partial charge in [-0.15, -0.1) is 11.3 Å². The van der Waals surface area contributed by atoms with Crippen LogP contribution in [0.4, 0.5) is 5.82 Å². The van der Waals surface area contributed by atoms with Crippen LogP contribution in [0.3, 0.4) is 0 Å². The van der Waals surface area contributed by atoms with E-state index in [0.717, 1.165) is 5.01 Å². The van der Waals surface area contributed by atoms with Crippen LogP contribution in [-0.4, -0.2) is 4.98 Å². The van der Waals surface area contributed by atoms with Crippen LogP contribution in [0.1, 0.15) is 30.7 Å². The quantitative estimate of drug-likeness (QED) is 0.649. The number of nitrogens with two attached hydrogens (primary N) is 1. The molecule has 0 aromatic carbocycles. The summed E-state index contributed by atoms with van der Waals surface area (Å²) in [5, 5.41) is 1.05. The number of aryl methyl sites for hydroxylation is 1. The first kappa shape index (κ1) is 8.53. The lowest BCUT2D eigenvalue weighted by Gasteiger charge is -2.15. The van der Waals surface area contributed by atoms with Gasteiger partial charge < -0.3 is 5.73 Å². The van der Waals surface area contributed by atoms with Gasteiger partial charge in [0.25, 0.3) is 0 Å². The Morgan fingerprint density at radius 1 is 1.36 bits per heavy atom. The second-order valence-corrected chi connectivity index (χ2v) is 4.90. The predicted octanol–water partition coefficient (Wildman–Crippen LogP) is 2.33. The molecule has 0 radical (unpaired) electrons. The van der Waals surface area contributed by atoms with E-state index in [2.05, 4.69) is 25.8 Å². The Labute approximate surface area is 71.5 Å². The monoisotopic (exact) mass is 170 g/mol. The standard InChI is InChI=1S/C8H14N2S/c1-5-10-7(9)6(11-5)8(2,3)4/h9H2,1-4H3. The third-order valence-electron chi connectivity index (χ3n) is 1.44. The minimum atomic E-state index is 0.135. The van der Waals surface area contributed by atoms with Gasteiger partial charge in [0.2, 0.25) is 0 Å². The molecule has 0 aliphatic rings. The van der Waals surface area contributed by atoms with E-state index in [-0.39, 0.29) is 5.41 Å². The summed E-state index contributed by atoms with van der Waals surface area (Å²) in [6, 6.07) is 0. The van der Waals surface area contributed by atoms with Crippen LogP contribution in [0.25, 0.3) is 0 Å². The zero-order valence-corrected chi connectivity index (χ0v) is 8.25. The summed E-state index contributed by atoms with van der Waals surface area (Å²) in [5.74, 6) is 0.694. The Balaban J connectivity index is 3.13. The third-order valence-corrected chi connectivity index (χ3v) is 2.85. The fourth-order valence-electron chi connectivity index (χ4n) is 0.981. The summed E-state index contributed by atoms with van der Waals surface area (Å²) in [6.07, 6.45) is 0. The molecule has 0 amide bonds. The summed E-state index contributed by atoms with van der Waals surface area (Å²) >= 11 is 1.69. The molecule has 0 unspecified atom stereocenters. The van der Waals surface area contributed by atoms with Crippen LogP contribution in [0.5, 0.6) is 0 Å². The number of anilines is 1. The summed E-state index contributed by atoms with van der Waals surface area (Å²) in [5.41, 5.74) is 5.86. The molecule has 0 saturated carbocycles. The van der Waals surface area contributed by atoms with Gasteiger partial charge in [0.15, 0.2) is 0 Å². The molecule has 0 spiro atoms. The molecule has 0 aliphatic heterocycles. The van der Waals surface area contributed by atoms with Gasteiger partial charge in [0.05, 0.1) is 9.88 Å². The highest BCUT2D eigenvalue weighted by atomic mass is 32.1. The molecule has 0 aliphatic carbocycles. The number of nitrogens with zero attached hydrogens (tertiary/aromatic N) is 1. The second-order valence-electron chi connectivity index (χ2n) is 3.70. The van der Waals surface area contributed by atoms with Crippen LogP contribution in [0, 0.1) is 6.92 Å². The van der Waals surface area contributed by atoms with Crippen molar-refractivity contribution in [3.8, 4) is 0 Å². The van der Waals surface area contributed by atoms with E-state index in [4.69, 9.17) is 5.73 Å². The average Bonchev–Trinajstić information content (AvgIpc) is 2.08. The first-order valence-electron chi connectivity index (χ1n) is 3.64. The van der Waals surface area contributed by atoms with Crippen molar-refractivity contribution < 1.29 is 0 Å². The fraction of sp³-hybridized carbons (Fsp3) is 0.625. The lowest BCUT2D eigenvalue weighted by atomic mass is 9.95. The Hall–Kier alpha value is -0.570. The normalized spacial score (nSPS) is 12.0. The topological polar surface area (TPSA) is 38.9 Å². The SMILES string of the molecule is Cc1nc(N)c(C(C)(C)C)s1. The van der Waals surface area contributed by atoms with Crippen LogP contribution in [0.2, 0.25) is 0 Å². The Morgan fingerprint density at radius 2 is 1.91 bits per heavy atom. The van der Waals surface area contributed by atoms with Crippen LogP contribution >= 0.6 is 11.3 Å². The highest BCUT2D eigenvalue weighted by Crippen LogP contribution is 2.32. The smallest absolute Gasteiger partial charge is 0.138 e. The molecule has 1 rings (SSSR count). The Morgan fingerprint density at radius 3 is 2.09 bits per heavy atom. The predicted molar refractivity (Wildman–Crippen MR) is 50.0 cm³/mol. The molecule has 0 fully saturated rings. The largest absolute Gasteiger partial charge is 0.383 e. The molecule has 11 heavy (non-hydrogen) atoms. The van der Waals surface area contributed by atoms with Crippen molar-refractivity contribution in [2.24, 2.45) is 0 Å². The van der Waals surface area contributed by atoms with Crippen molar-refractivity contribution in [3.05, 3.63) is 9.88 Å². The Kier molecular flexibility index (Phi) is 1.92. The first-order valence-corrected chi connectivity index (χ1v) is 4.46. The van der Waals surface area contributed by atoms with E-state index >= 15 is 0 Å². The lowest BCUT2D eigenvalue weighted by Crippen LogP contribution is -2.11. The molecular formula is C8H14N2S. The molecule has 62 valence electrons. The first-order chi connectivity index (χ1) is 4.91. The minimum absolute atomic E-state index is 0.135. The van der Waals surface area contributed by atoms with Crippen molar-refractivity contribution in [1.29, 1.82) is 0 Å². The molecule has 0 atom stereocenters. The van der Waals surface area contributed by atoms with Crippen molar-refractivity contribution >= 4 is 17.2 Å². The summed E-state index contributed by atoms with van der Waals surface area (Å²) < 4.78 is 0. The highest BCUT2D eigenvalue weighted by molar-refractivity contribution is 7.12. The molecule has 3 heteroatoms. The van der Waals surface area contributed by atoms with Gasteiger partial charge in [-0.2, -0.15) is 0 Å². The summed E-state index contributed by atoms with van der Waals surface area (Å²) in [6.45, 7) is 8.43. The van der Waals surface area contributed by atoms with Gasteiger partial charge in [-0.1, -0.05) is 20.8 Å². The van der Waals surface area contributed by atoms with Crippen LogP contribution < -0.4 is 5.73 Å². The van der Waals surface area contributed by atoms with Crippen molar-refractivity contribution in [2.45, 2.75) is 33.1 Å². The van der Waals surface area contributed by atoms with Crippen molar-refractivity contribution in [1.82, 2.24) is 4.98 Å². The fourth-order valence-corrected chi connectivity index (χ4v) is 1.88. The number of aromatic nitrogens is 1. The van der Waals surface area contributed by atoms with E-state index in [1.54, 1.807) is 11.3 Å². The van der Waals surface area contributed by atoms with Gasteiger partial charge in [-0.3, -0.25) is 0 Å². The molecule has 1 heterocycles. The number of hydrogen-bond donors (Lipinski definition) is 1. The number of hydrogen-bond acceptors (Lipinski definition) is 3. The zero-order valence-electron chi connectivity index (χ0n) is 7.43. The molecule has 1 aromatic rings. The molecule has 0 bridgehead atoms. The number of thiazole rings is 1. The third kappa shape index (κ3) is 1.71. The molecular weight excluding hydrogens is 156 g/mol. The minimum Gasteiger partial charge on any atom is -0.383 e. The van der Waals surface area contributed by atoms with E-state index in [1.807, 2.05) is 6.92 Å². The second kappa shape index (κ2) is 2.48. The van der Waals surface area contributed by atoms with E-state index in [1.165, 1.54) is 4.88 Å². The summed E-state index contributed by atoms with van der Waals surface area (Å²) in [7, 11) is 0. The van der Waals surface area contributed by atoms with Crippen LogP contribution in [0.15, 0.2) is 0 Å². The van der Waals surface area contributed by atoms with Gasteiger partial charge in [-0.05, 0) is 12.3 Å². The maximum absolute atomic E-state index is 5.73. The van der Waals surface area contributed by atoms with E-state index in [9.17, 15) is 0 Å². The van der Waals surface area contributed by atoms with E-state index < -0.39 is 0 Å². The number of rotatable bonds is 0. The molecule has 0 saturated heterocycles. The summed E-state index contributed by atoms with van der Waals surface area (Å²) in [4.78, 5) is 5.36.